The van der Waals surface area contributed by atoms with Crippen molar-refractivity contribution in [2.45, 2.75) is 62.9 Å². The molecule has 3 fully saturated rings. The van der Waals surface area contributed by atoms with E-state index in [0.29, 0.717) is 12.4 Å². The van der Waals surface area contributed by atoms with Gasteiger partial charge in [0, 0.05) is 24.8 Å². The molecule has 1 saturated heterocycles. The van der Waals surface area contributed by atoms with Crippen molar-refractivity contribution in [2.24, 2.45) is 5.41 Å². The Morgan fingerprint density at radius 2 is 1.78 bits per heavy atom. The van der Waals surface area contributed by atoms with Crippen molar-refractivity contribution in [1.29, 1.82) is 0 Å². The molecule has 192 valence electrons. The molecule has 2 aromatic rings. The van der Waals surface area contributed by atoms with Gasteiger partial charge in [0.1, 0.15) is 18.7 Å². The fourth-order valence-corrected chi connectivity index (χ4v) is 6.58. The van der Waals surface area contributed by atoms with Crippen LogP contribution in [0.4, 0.5) is 10.6 Å². The quantitative estimate of drug-likeness (QED) is 0.632. The van der Waals surface area contributed by atoms with Gasteiger partial charge in [-0.15, -0.1) is 0 Å². The first-order chi connectivity index (χ1) is 17.3. The van der Waals surface area contributed by atoms with Crippen LogP contribution < -0.4 is 5.32 Å². The fourth-order valence-electron chi connectivity index (χ4n) is 6.58. The second kappa shape index (κ2) is 9.47. The summed E-state index contributed by atoms with van der Waals surface area (Å²) in [5, 5.41) is 2.81. The van der Waals surface area contributed by atoms with Crippen LogP contribution in [0.2, 0.25) is 0 Å². The van der Waals surface area contributed by atoms with Crippen LogP contribution in [-0.2, 0) is 10.3 Å². The maximum atomic E-state index is 13.8. The van der Waals surface area contributed by atoms with Gasteiger partial charge in [0.15, 0.2) is 0 Å². The molecule has 0 bridgehead atoms. The van der Waals surface area contributed by atoms with Crippen molar-refractivity contribution >= 4 is 17.8 Å². The average molecular weight is 491 g/mol. The van der Waals surface area contributed by atoms with Crippen LogP contribution in [0.25, 0.3) is 0 Å². The molecule has 3 aliphatic rings. The molecule has 8 heteroatoms. The predicted octanol–water partition coefficient (Wildman–Crippen LogP) is 4.11. The Morgan fingerprint density at radius 1 is 1.06 bits per heavy atom. The van der Waals surface area contributed by atoms with E-state index in [4.69, 9.17) is 0 Å². The lowest BCUT2D eigenvalue weighted by Gasteiger charge is -2.53. The van der Waals surface area contributed by atoms with Gasteiger partial charge in [-0.2, -0.15) is 0 Å². The number of hydrogen-bond acceptors (Lipinski definition) is 5. The van der Waals surface area contributed by atoms with Crippen molar-refractivity contribution in [1.82, 2.24) is 24.7 Å². The normalized spacial score (nSPS) is 27.4. The highest BCUT2D eigenvalue weighted by Gasteiger charge is 2.56. The predicted molar refractivity (Wildman–Crippen MR) is 139 cm³/mol. The SMILES string of the molecule is CN(C)[C@]1(c2ccccc2)CC[C@@]2(CC1)CN(CC(=O)Nc1ccncn1)C(=O)N2CC1(C)CCC1. The van der Waals surface area contributed by atoms with Gasteiger partial charge in [0.25, 0.3) is 0 Å². The molecule has 1 spiro atoms. The molecule has 3 amide bonds. The van der Waals surface area contributed by atoms with Gasteiger partial charge >= 0.3 is 6.03 Å². The van der Waals surface area contributed by atoms with Gasteiger partial charge in [-0.05, 0) is 69.7 Å². The van der Waals surface area contributed by atoms with Crippen LogP contribution in [0.3, 0.4) is 0 Å². The molecule has 8 nitrogen and oxygen atoms in total. The van der Waals surface area contributed by atoms with E-state index in [1.54, 1.807) is 17.2 Å². The number of urea groups is 1. The number of amides is 3. The first-order valence-corrected chi connectivity index (χ1v) is 13.1. The van der Waals surface area contributed by atoms with Gasteiger partial charge in [0.05, 0.1) is 5.54 Å². The lowest BCUT2D eigenvalue weighted by Crippen LogP contribution is -2.57. The number of carbonyl (C=O) groups is 2. The molecular weight excluding hydrogens is 452 g/mol. The topological polar surface area (TPSA) is 81.7 Å². The molecule has 0 unspecified atom stereocenters. The Balaban J connectivity index is 1.37. The number of nitrogens with one attached hydrogen (secondary N) is 1. The number of benzene rings is 1. The van der Waals surface area contributed by atoms with Gasteiger partial charge < -0.3 is 15.1 Å². The monoisotopic (exact) mass is 490 g/mol. The van der Waals surface area contributed by atoms with Crippen LogP contribution in [0.5, 0.6) is 0 Å². The molecule has 1 aromatic heterocycles. The minimum absolute atomic E-state index is 0.00183. The first-order valence-electron chi connectivity index (χ1n) is 13.1. The second-order valence-corrected chi connectivity index (χ2v) is 11.5. The summed E-state index contributed by atoms with van der Waals surface area (Å²) in [5.41, 5.74) is 1.24. The van der Waals surface area contributed by atoms with E-state index < -0.39 is 0 Å². The summed E-state index contributed by atoms with van der Waals surface area (Å²) >= 11 is 0. The Morgan fingerprint density at radius 3 is 2.36 bits per heavy atom. The highest BCUT2D eigenvalue weighted by atomic mass is 16.2. The zero-order valence-electron chi connectivity index (χ0n) is 21.7. The minimum atomic E-state index is -0.237. The number of anilines is 1. The summed E-state index contributed by atoms with van der Waals surface area (Å²) in [6.07, 6.45) is 10.3. The molecule has 1 N–H and O–H groups in total. The highest BCUT2D eigenvalue weighted by molar-refractivity contribution is 5.94. The van der Waals surface area contributed by atoms with Crippen LogP contribution in [-0.4, -0.2) is 75.9 Å². The van der Waals surface area contributed by atoms with E-state index in [-0.39, 0.29) is 35.0 Å². The smallest absolute Gasteiger partial charge is 0.317 e. The third kappa shape index (κ3) is 4.47. The summed E-state index contributed by atoms with van der Waals surface area (Å²) in [6.45, 7) is 3.71. The molecule has 5 rings (SSSR count). The summed E-state index contributed by atoms with van der Waals surface area (Å²) < 4.78 is 0. The van der Waals surface area contributed by atoms with Crippen molar-refractivity contribution in [3.63, 3.8) is 0 Å². The summed E-state index contributed by atoms with van der Waals surface area (Å²) in [4.78, 5) is 40.8. The van der Waals surface area contributed by atoms with Gasteiger partial charge in [0.2, 0.25) is 5.91 Å². The highest BCUT2D eigenvalue weighted by Crippen LogP contribution is 2.51. The van der Waals surface area contributed by atoms with Crippen LogP contribution in [0.1, 0.15) is 57.4 Å². The van der Waals surface area contributed by atoms with Crippen LogP contribution >= 0.6 is 0 Å². The Bertz CT molecular complexity index is 1080. The molecule has 0 radical (unpaired) electrons. The van der Waals surface area contributed by atoms with E-state index in [2.05, 4.69) is 76.4 Å². The molecule has 1 aliphatic heterocycles. The molecule has 0 atom stereocenters. The van der Waals surface area contributed by atoms with Gasteiger partial charge in [-0.3, -0.25) is 9.69 Å². The van der Waals surface area contributed by atoms with Crippen LogP contribution in [0.15, 0.2) is 48.9 Å². The Labute approximate surface area is 214 Å². The van der Waals surface area contributed by atoms with E-state index >= 15 is 0 Å². The van der Waals surface area contributed by atoms with E-state index in [9.17, 15) is 9.59 Å². The molecule has 36 heavy (non-hydrogen) atoms. The number of nitrogens with zero attached hydrogens (tertiary/aromatic N) is 5. The van der Waals surface area contributed by atoms with Crippen molar-refractivity contribution in [3.05, 3.63) is 54.5 Å². The molecule has 2 saturated carbocycles. The standard InChI is InChI=1S/C28H38N6O2/c1-26(11-7-12-26)19-34-25(36)33(18-24(35)31-23-10-17-29-21-30-23)20-27(34)13-15-28(16-14-27,32(2)3)22-8-5-4-6-9-22/h4-6,8-10,17,21H,7,11-16,18-20H2,1-3H3,(H,29,30,31,35)/t27-,28-. The maximum absolute atomic E-state index is 13.8. The van der Waals surface area contributed by atoms with Crippen LogP contribution in [0, 0.1) is 5.41 Å². The van der Waals surface area contributed by atoms with Crippen molar-refractivity contribution in [2.75, 3.05) is 39.0 Å². The average Bonchev–Trinajstić information content (AvgIpc) is 3.09. The molecule has 2 aliphatic carbocycles. The number of carbonyl (C=O) groups excluding carboxylic acids is 2. The zero-order valence-corrected chi connectivity index (χ0v) is 21.7. The Kier molecular flexibility index (Phi) is 6.49. The molecular formula is C28H38N6O2. The van der Waals surface area contributed by atoms with E-state index in [1.807, 2.05) is 0 Å². The lowest BCUT2D eigenvalue weighted by atomic mass is 9.66. The van der Waals surface area contributed by atoms with Gasteiger partial charge in [-0.1, -0.05) is 43.7 Å². The lowest BCUT2D eigenvalue weighted by molar-refractivity contribution is -0.116. The number of aromatic nitrogens is 2. The fraction of sp³-hybridized carbons (Fsp3) is 0.571. The minimum Gasteiger partial charge on any atom is -0.317 e. The largest absolute Gasteiger partial charge is 0.321 e. The summed E-state index contributed by atoms with van der Waals surface area (Å²) in [6, 6.07) is 12.4. The first kappa shape index (κ1) is 24.7. The van der Waals surface area contributed by atoms with Crippen molar-refractivity contribution < 1.29 is 9.59 Å². The zero-order chi connectivity index (χ0) is 25.4. The van der Waals surface area contributed by atoms with Gasteiger partial charge in [-0.25, -0.2) is 14.8 Å². The maximum Gasteiger partial charge on any atom is 0.321 e. The van der Waals surface area contributed by atoms with E-state index in [0.717, 1.165) is 45.1 Å². The number of hydrogen-bond donors (Lipinski definition) is 1. The third-order valence-corrected chi connectivity index (χ3v) is 9.02. The summed E-state index contributed by atoms with van der Waals surface area (Å²) in [5.74, 6) is 0.225. The number of rotatable bonds is 7. The van der Waals surface area contributed by atoms with Crippen molar-refractivity contribution in [3.8, 4) is 0 Å². The Hall–Kier alpha value is -3.00. The third-order valence-electron chi connectivity index (χ3n) is 9.02. The summed E-state index contributed by atoms with van der Waals surface area (Å²) in [7, 11) is 4.34. The molecule has 1 aromatic carbocycles. The molecule has 2 heterocycles. The second-order valence-electron chi connectivity index (χ2n) is 11.5. The van der Waals surface area contributed by atoms with E-state index in [1.165, 1.54) is 18.3 Å².